The van der Waals surface area contributed by atoms with Crippen molar-refractivity contribution in [2.45, 2.75) is 38.2 Å². The Bertz CT molecular complexity index is 398. The maximum atomic E-state index is 11.0. The molecule has 1 aromatic rings. The molecule has 2 rings (SSSR count). The Morgan fingerprint density at radius 3 is 3.00 bits per heavy atom. The van der Waals surface area contributed by atoms with Gasteiger partial charge in [-0.15, -0.1) is 0 Å². The minimum atomic E-state index is -0.438. The van der Waals surface area contributed by atoms with Gasteiger partial charge in [-0.3, -0.25) is 4.98 Å². The summed E-state index contributed by atoms with van der Waals surface area (Å²) in [6.45, 7) is 0.840. The van der Waals surface area contributed by atoms with Gasteiger partial charge in [0.05, 0.1) is 6.10 Å². The fourth-order valence-electron chi connectivity index (χ4n) is 1.90. The molecule has 0 amide bonds. The minimum Gasteiger partial charge on any atom is -0.378 e. The molecule has 1 unspecified atom stereocenters. The lowest BCUT2D eigenvalue weighted by Crippen LogP contribution is -2.22. The van der Waals surface area contributed by atoms with Crippen molar-refractivity contribution >= 4 is 5.95 Å². The molecule has 1 aliphatic rings. The number of hydrogen-bond donors (Lipinski definition) is 2. The van der Waals surface area contributed by atoms with Gasteiger partial charge in [0.2, 0.25) is 5.95 Å². The van der Waals surface area contributed by atoms with Crippen LogP contribution in [-0.2, 0) is 11.2 Å². The molecule has 0 bridgehead atoms. The maximum Gasteiger partial charge on any atom is 0.349 e. The highest BCUT2D eigenvalue weighted by Gasteiger charge is 2.14. The van der Waals surface area contributed by atoms with Gasteiger partial charge in [-0.1, -0.05) is 0 Å². The molecule has 1 atom stereocenters. The van der Waals surface area contributed by atoms with E-state index < -0.39 is 5.69 Å². The van der Waals surface area contributed by atoms with Crippen LogP contribution in [0.25, 0.3) is 0 Å². The number of rotatable bonds is 3. The molecule has 6 heteroatoms. The smallest absolute Gasteiger partial charge is 0.349 e. The number of aromatic nitrogens is 3. The average molecular weight is 224 g/mol. The Morgan fingerprint density at radius 1 is 1.44 bits per heavy atom. The molecule has 88 valence electrons. The summed E-state index contributed by atoms with van der Waals surface area (Å²) in [6, 6.07) is 0. The van der Waals surface area contributed by atoms with Gasteiger partial charge in [-0.25, -0.2) is 4.79 Å². The molecule has 0 radical (unpaired) electrons. The quantitative estimate of drug-likeness (QED) is 0.767. The second kappa shape index (κ2) is 5.07. The van der Waals surface area contributed by atoms with Crippen LogP contribution in [0.2, 0.25) is 0 Å². The molecule has 16 heavy (non-hydrogen) atoms. The van der Waals surface area contributed by atoms with Crippen LogP contribution in [0.4, 0.5) is 5.95 Å². The third-order valence-corrected chi connectivity index (χ3v) is 2.69. The first-order chi connectivity index (χ1) is 7.74. The zero-order valence-electron chi connectivity index (χ0n) is 9.11. The predicted octanol–water partition coefficient (Wildman–Crippen LogP) is 0.249. The van der Waals surface area contributed by atoms with Gasteiger partial charge < -0.3 is 10.5 Å². The maximum absolute atomic E-state index is 11.0. The Morgan fingerprint density at radius 2 is 2.31 bits per heavy atom. The normalized spacial score (nSPS) is 20.9. The first-order valence-corrected chi connectivity index (χ1v) is 5.58. The van der Waals surface area contributed by atoms with Gasteiger partial charge in [0.15, 0.2) is 0 Å². The summed E-state index contributed by atoms with van der Waals surface area (Å²) in [7, 11) is 0. The number of anilines is 1. The third-order valence-electron chi connectivity index (χ3n) is 2.69. The van der Waals surface area contributed by atoms with Crippen molar-refractivity contribution in [3.05, 3.63) is 16.3 Å². The van der Waals surface area contributed by atoms with Crippen molar-refractivity contribution < 1.29 is 4.74 Å². The van der Waals surface area contributed by atoms with Crippen molar-refractivity contribution in [1.82, 2.24) is 15.0 Å². The van der Waals surface area contributed by atoms with Crippen LogP contribution >= 0.6 is 0 Å². The lowest BCUT2D eigenvalue weighted by molar-refractivity contribution is 0.0112. The van der Waals surface area contributed by atoms with Gasteiger partial charge in [-0.05, 0) is 25.7 Å². The van der Waals surface area contributed by atoms with Crippen LogP contribution in [0.5, 0.6) is 0 Å². The van der Waals surface area contributed by atoms with Crippen molar-refractivity contribution in [3.63, 3.8) is 0 Å². The number of aromatic amines is 1. The second-order valence-corrected chi connectivity index (χ2v) is 3.99. The Hall–Kier alpha value is -1.43. The largest absolute Gasteiger partial charge is 0.378 e. The molecule has 3 N–H and O–H groups in total. The summed E-state index contributed by atoms with van der Waals surface area (Å²) in [6.07, 6.45) is 5.28. The SMILES string of the molecule is Nc1nc(CCC2CCCCO2)[nH]c(=O)n1. The van der Waals surface area contributed by atoms with Crippen LogP contribution in [0.1, 0.15) is 31.5 Å². The van der Waals surface area contributed by atoms with Crippen LogP contribution in [-0.4, -0.2) is 27.7 Å². The Balaban J connectivity index is 1.90. The number of nitrogens with one attached hydrogen (secondary N) is 1. The molecule has 2 heterocycles. The van der Waals surface area contributed by atoms with Gasteiger partial charge in [0, 0.05) is 13.0 Å². The van der Waals surface area contributed by atoms with E-state index in [1.165, 1.54) is 6.42 Å². The highest BCUT2D eigenvalue weighted by molar-refractivity contribution is 5.12. The number of ether oxygens (including phenoxy) is 1. The summed E-state index contributed by atoms with van der Waals surface area (Å²) in [5.41, 5.74) is 4.96. The van der Waals surface area contributed by atoms with Crippen molar-refractivity contribution in [2.24, 2.45) is 0 Å². The number of hydrogen-bond acceptors (Lipinski definition) is 5. The molecule has 1 fully saturated rings. The molecular weight excluding hydrogens is 208 g/mol. The molecule has 1 aromatic heterocycles. The molecule has 1 saturated heterocycles. The Kier molecular flexibility index (Phi) is 3.51. The zero-order chi connectivity index (χ0) is 11.4. The topological polar surface area (TPSA) is 93.9 Å². The van der Waals surface area contributed by atoms with Crippen LogP contribution in [0.15, 0.2) is 4.79 Å². The molecule has 0 aromatic carbocycles. The van der Waals surface area contributed by atoms with Gasteiger partial charge >= 0.3 is 5.69 Å². The van der Waals surface area contributed by atoms with Crippen molar-refractivity contribution in [1.29, 1.82) is 0 Å². The number of nitrogens with two attached hydrogens (primary N) is 1. The van der Waals surface area contributed by atoms with E-state index in [2.05, 4.69) is 15.0 Å². The summed E-state index contributed by atoms with van der Waals surface area (Å²) in [5, 5.41) is 0. The number of aryl methyl sites for hydroxylation is 1. The van der Waals surface area contributed by atoms with E-state index in [-0.39, 0.29) is 12.1 Å². The van der Waals surface area contributed by atoms with E-state index in [4.69, 9.17) is 10.5 Å². The summed E-state index contributed by atoms with van der Waals surface area (Å²) in [4.78, 5) is 21.0. The van der Waals surface area contributed by atoms with Gasteiger partial charge in [0.25, 0.3) is 0 Å². The molecule has 1 aliphatic heterocycles. The van der Waals surface area contributed by atoms with E-state index in [0.29, 0.717) is 12.2 Å². The van der Waals surface area contributed by atoms with E-state index in [1.807, 2.05) is 0 Å². The van der Waals surface area contributed by atoms with E-state index >= 15 is 0 Å². The number of H-pyrrole nitrogens is 1. The van der Waals surface area contributed by atoms with E-state index in [1.54, 1.807) is 0 Å². The first kappa shape index (κ1) is 11.1. The standard InChI is InChI=1S/C10H16N4O2/c11-9-12-8(13-10(15)14-9)5-4-7-3-1-2-6-16-7/h7H,1-6H2,(H3,11,12,13,14,15). The van der Waals surface area contributed by atoms with E-state index in [9.17, 15) is 4.79 Å². The third kappa shape index (κ3) is 3.03. The number of nitrogens with zero attached hydrogens (tertiary/aromatic N) is 2. The van der Waals surface area contributed by atoms with Crippen LogP contribution in [0, 0.1) is 0 Å². The lowest BCUT2D eigenvalue weighted by Gasteiger charge is -2.22. The van der Waals surface area contributed by atoms with Gasteiger partial charge in [-0.2, -0.15) is 9.97 Å². The molecule has 0 saturated carbocycles. The summed E-state index contributed by atoms with van der Waals surface area (Å²) >= 11 is 0. The second-order valence-electron chi connectivity index (χ2n) is 3.99. The molecular formula is C10H16N4O2. The monoisotopic (exact) mass is 224 g/mol. The molecule has 0 spiro atoms. The van der Waals surface area contributed by atoms with Crippen molar-refractivity contribution in [3.8, 4) is 0 Å². The predicted molar refractivity (Wildman–Crippen MR) is 59.0 cm³/mol. The van der Waals surface area contributed by atoms with Crippen molar-refractivity contribution in [2.75, 3.05) is 12.3 Å². The van der Waals surface area contributed by atoms with Crippen LogP contribution < -0.4 is 11.4 Å². The zero-order valence-corrected chi connectivity index (χ0v) is 9.11. The highest BCUT2D eigenvalue weighted by atomic mass is 16.5. The average Bonchev–Trinajstić information content (AvgIpc) is 2.27. The fraction of sp³-hybridized carbons (Fsp3) is 0.700. The summed E-state index contributed by atoms with van der Waals surface area (Å²) < 4.78 is 5.59. The first-order valence-electron chi connectivity index (χ1n) is 5.58. The van der Waals surface area contributed by atoms with Gasteiger partial charge in [0.1, 0.15) is 5.82 Å². The summed E-state index contributed by atoms with van der Waals surface area (Å²) in [5.74, 6) is 0.620. The molecule has 0 aliphatic carbocycles. The Labute approximate surface area is 93.3 Å². The number of nitrogen functional groups attached to an aromatic ring is 1. The minimum absolute atomic E-state index is 0.0308. The molecule has 6 nitrogen and oxygen atoms in total. The van der Waals surface area contributed by atoms with E-state index in [0.717, 1.165) is 25.9 Å². The fourth-order valence-corrected chi connectivity index (χ4v) is 1.90. The highest BCUT2D eigenvalue weighted by Crippen LogP contribution is 2.16. The van der Waals surface area contributed by atoms with Crippen LogP contribution in [0.3, 0.4) is 0 Å². The lowest BCUT2D eigenvalue weighted by atomic mass is 10.0.